The summed E-state index contributed by atoms with van der Waals surface area (Å²) >= 11 is 0. The number of carboxylic acids is 1. The average molecular weight is 244 g/mol. The summed E-state index contributed by atoms with van der Waals surface area (Å²) in [6.07, 6.45) is 0.829. The standard InChI is InChI=1S/C11H20N2O4/c1-4-12-8(14)6-5-7-9(15)13-11(2,3)10(16)17/h4-7H2,1-3H3,(H,12,14)(H,13,15)(H,16,17). The van der Waals surface area contributed by atoms with Gasteiger partial charge in [0.1, 0.15) is 5.54 Å². The first-order valence-electron chi connectivity index (χ1n) is 5.60. The van der Waals surface area contributed by atoms with Crippen LogP contribution in [-0.4, -0.2) is 35.0 Å². The number of hydrogen-bond donors (Lipinski definition) is 3. The molecule has 0 aliphatic heterocycles. The zero-order valence-corrected chi connectivity index (χ0v) is 10.5. The highest BCUT2D eigenvalue weighted by Crippen LogP contribution is 2.04. The Hall–Kier alpha value is -1.59. The van der Waals surface area contributed by atoms with Crippen molar-refractivity contribution in [2.75, 3.05) is 6.54 Å². The summed E-state index contributed by atoms with van der Waals surface area (Å²) in [5.41, 5.74) is -1.28. The van der Waals surface area contributed by atoms with Gasteiger partial charge in [-0.1, -0.05) is 0 Å². The van der Waals surface area contributed by atoms with Gasteiger partial charge in [-0.25, -0.2) is 4.79 Å². The first-order valence-corrected chi connectivity index (χ1v) is 5.60. The Morgan fingerprint density at radius 1 is 1.12 bits per heavy atom. The number of nitrogens with one attached hydrogen (secondary N) is 2. The lowest BCUT2D eigenvalue weighted by Gasteiger charge is -2.20. The van der Waals surface area contributed by atoms with Crippen LogP contribution in [0.2, 0.25) is 0 Å². The average Bonchev–Trinajstić information content (AvgIpc) is 2.16. The molecule has 0 aromatic carbocycles. The number of amides is 2. The van der Waals surface area contributed by atoms with Gasteiger partial charge in [0.25, 0.3) is 0 Å². The van der Waals surface area contributed by atoms with Gasteiger partial charge in [0, 0.05) is 19.4 Å². The lowest BCUT2D eigenvalue weighted by Crippen LogP contribution is -2.49. The lowest BCUT2D eigenvalue weighted by molar-refractivity contribution is -0.146. The molecule has 0 heterocycles. The van der Waals surface area contributed by atoms with Gasteiger partial charge < -0.3 is 15.7 Å². The molecule has 0 unspecified atom stereocenters. The summed E-state index contributed by atoms with van der Waals surface area (Å²) in [7, 11) is 0. The molecule has 0 atom stereocenters. The smallest absolute Gasteiger partial charge is 0.328 e. The normalized spacial score (nSPS) is 10.8. The fourth-order valence-electron chi connectivity index (χ4n) is 1.16. The molecule has 6 nitrogen and oxygen atoms in total. The third kappa shape index (κ3) is 6.55. The van der Waals surface area contributed by atoms with Crippen molar-refractivity contribution in [2.45, 2.75) is 45.6 Å². The number of carboxylic acid groups (broad SMARTS) is 1. The SMILES string of the molecule is CCNC(=O)CCCC(=O)NC(C)(C)C(=O)O. The van der Waals surface area contributed by atoms with Gasteiger partial charge in [0.2, 0.25) is 11.8 Å². The van der Waals surface area contributed by atoms with Crippen LogP contribution >= 0.6 is 0 Å². The zero-order valence-electron chi connectivity index (χ0n) is 10.5. The monoisotopic (exact) mass is 244 g/mol. The van der Waals surface area contributed by atoms with E-state index >= 15 is 0 Å². The van der Waals surface area contributed by atoms with E-state index in [-0.39, 0.29) is 24.7 Å². The Morgan fingerprint density at radius 2 is 1.65 bits per heavy atom. The van der Waals surface area contributed by atoms with Crippen LogP contribution < -0.4 is 10.6 Å². The van der Waals surface area contributed by atoms with Crippen LogP contribution in [0.4, 0.5) is 0 Å². The maximum atomic E-state index is 11.4. The Morgan fingerprint density at radius 3 is 2.12 bits per heavy atom. The van der Waals surface area contributed by atoms with Crippen molar-refractivity contribution in [2.24, 2.45) is 0 Å². The second kappa shape index (κ2) is 6.88. The first-order chi connectivity index (χ1) is 7.79. The van der Waals surface area contributed by atoms with E-state index in [1.54, 1.807) is 0 Å². The Labute approximate surface area is 101 Å². The van der Waals surface area contributed by atoms with Crippen molar-refractivity contribution in [3.8, 4) is 0 Å². The summed E-state index contributed by atoms with van der Waals surface area (Å²) < 4.78 is 0. The Kier molecular flexibility index (Phi) is 6.23. The molecule has 0 aromatic heterocycles. The van der Waals surface area contributed by atoms with Crippen molar-refractivity contribution in [3.05, 3.63) is 0 Å². The van der Waals surface area contributed by atoms with E-state index in [0.29, 0.717) is 13.0 Å². The molecule has 17 heavy (non-hydrogen) atoms. The quantitative estimate of drug-likeness (QED) is 0.599. The van der Waals surface area contributed by atoms with Crippen molar-refractivity contribution in [1.29, 1.82) is 0 Å². The predicted molar refractivity (Wildman–Crippen MR) is 62.4 cm³/mol. The van der Waals surface area contributed by atoms with Crippen LogP contribution in [0.5, 0.6) is 0 Å². The Bertz CT molecular complexity index is 300. The van der Waals surface area contributed by atoms with Gasteiger partial charge in [0.05, 0.1) is 0 Å². The maximum Gasteiger partial charge on any atom is 0.328 e. The second-order valence-corrected chi connectivity index (χ2v) is 4.29. The molecular weight excluding hydrogens is 224 g/mol. The molecule has 2 amide bonds. The predicted octanol–water partition coefficient (Wildman–Crippen LogP) is 0.272. The molecule has 0 aliphatic carbocycles. The summed E-state index contributed by atoms with van der Waals surface area (Å²) in [4.78, 5) is 33.2. The topological polar surface area (TPSA) is 95.5 Å². The van der Waals surface area contributed by atoms with E-state index in [4.69, 9.17) is 5.11 Å². The number of rotatable bonds is 7. The van der Waals surface area contributed by atoms with Crippen molar-refractivity contribution >= 4 is 17.8 Å². The largest absolute Gasteiger partial charge is 0.480 e. The van der Waals surface area contributed by atoms with E-state index < -0.39 is 11.5 Å². The number of aliphatic carboxylic acids is 1. The highest BCUT2D eigenvalue weighted by molar-refractivity contribution is 5.86. The van der Waals surface area contributed by atoms with E-state index in [1.807, 2.05) is 6.92 Å². The van der Waals surface area contributed by atoms with Gasteiger partial charge >= 0.3 is 5.97 Å². The molecule has 0 spiro atoms. The van der Waals surface area contributed by atoms with Gasteiger partial charge in [0.15, 0.2) is 0 Å². The molecule has 0 aromatic rings. The third-order valence-electron chi connectivity index (χ3n) is 2.17. The summed E-state index contributed by atoms with van der Waals surface area (Å²) in [5, 5.41) is 13.8. The fraction of sp³-hybridized carbons (Fsp3) is 0.727. The van der Waals surface area contributed by atoms with E-state index in [1.165, 1.54) is 13.8 Å². The zero-order chi connectivity index (χ0) is 13.5. The molecule has 98 valence electrons. The minimum Gasteiger partial charge on any atom is -0.480 e. The van der Waals surface area contributed by atoms with Crippen molar-refractivity contribution in [3.63, 3.8) is 0 Å². The highest BCUT2D eigenvalue weighted by atomic mass is 16.4. The molecule has 6 heteroatoms. The fourth-order valence-corrected chi connectivity index (χ4v) is 1.16. The highest BCUT2D eigenvalue weighted by Gasteiger charge is 2.28. The second-order valence-electron chi connectivity index (χ2n) is 4.29. The molecule has 0 saturated heterocycles. The van der Waals surface area contributed by atoms with Gasteiger partial charge in [-0.05, 0) is 27.2 Å². The number of hydrogen-bond acceptors (Lipinski definition) is 3. The minimum absolute atomic E-state index is 0.0993. The van der Waals surface area contributed by atoms with Gasteiger partial charge in [-0.3, -0.25) is 9.59 Å². The molecule has 3 N–H and O–H groups in total. The van der Waals surface area contributed by atoms with Crippen LogP contribution in [0.3, 0.4) is 0 Å². The third-order valence-corrected chi connectivity index (χ3v) is 2.17. The minimum atomic E-state index is -1.28. The number of carbonyl (C=O) groups is 3. The van der Waals surface area contributed by atoms with E-state index in [9.17, 15) is 14.4 Å². The molecule has 0 rings (SSSR count). The van der Waals surface area contributed by atoms with Crippen molar-refractivity contribution < 1.29 is 19.5 Å². The lowest BCUT2D eigenvalue weighted by atomic mass is 10.1. The molecule has 0 radical (unpaired) electrons. The molecule has 0 fully saturated rings. The van der Waals surface area contributed by atoms with Gasteiger partial charge in [-0.2, -0.15) is 0 Å². The molecule has 0 aliphatic rings. The van der Waals surface area contributed by atoms with Crippen LogP contribution in [0.1, 0.15) is 40.0 Å². The molecular formula is C11H20N2O4. The van der Waals surface area contributed by atoms with E-state index in [2.05, 4.69) is 10.6 Å². The van der Waals surface area contributed by atoms with Crippen molar-refractivity contribution in [1.82, 2.24) is 10.6 Å². The molecule has 0 bridgehead atoms. The maximum absolute atomic E-state index is 11.4. The van der Waals surface area contributed by atoms with Gasteiger partial charge in [-0.15, -0.1) is 0 Å². The number of carbonyl (C=O) groups excluding carboxylic acids is 2. The molecule has 0 saturated carbocycles. The van der Waals surface area contributed by atoms with Crippen LogP contribution in [0, 0.1) is 0 Å². The van der Waals surface area contributed by atoms with E-state index in [0.717, 1.165) is 0 Å². The Balaban J connectivity index is 3.89. The first kappa shape index (κ1) is 15.4. The van der Waals surface area contributed by atoms with Crippen LogP contribution in [0.25, 0.3) is 0 Å². The van der Waals surface area contributed by atoms with Crippen LogP contribution in [0.15, 0.2) is 0 Å². The summed E-state index contributed by atoms with van der Waals surface area (Å²) in [6, 6.07) is 0. The summed E-state index contributed by atoms with van der Waals surface area (Å²) in [5.74, 6) is -1.55. The van der Waals surface area contributed by atoms with Crippen LogP contribution in [-0.2, 0) is 14.4 Å². The summed E-state index contributed by atoms with van der Waals surface area (Å²) in [6.45, 7) is 5.21.